The van der Waals surface area contributed by atoms with Crippen LogP contribution in [0.2, 0.25) is 0 Å². The third-order valence-corrected chi connectivity index (χ3v) is 1.52. The Morgan fingerprint density at radius 1 is 1.42 bits per heavy atom. The van der Waals surface area contributed by atoms with Crippen molar-refractivity contribution in [2.45, 2.75) is 0 Å². The van der Waals surface area contributed by atoms with Crippen LogP contribution in [0.5, 0.6) is 0 Å². The van der Waals surface area contributed by atoms with E-state index in [2.05, 4.69) is 37.3 Å². The third kappa shape index (κ3) is 1.01. The Bertz CT molecular complexity index is 458. The minimum absolute atomic E-state index is 0.606. The van der Waals surface area contributed by atoms with Crippen molar-refractivity contribution in [1.29, 1.82) is 0 Å². The van der Waals surface area contributed by atoms with Crippen LogP contribution in [0.25, 0.3) is 11.0 Å². The number of rotatable bonds is 1. The zero-order chi connectivity index (χ0) is 8.39. The summed E-state index contributed by atoms with van der Waals surface area (Å²) >= 11 is 4.48. The number of nitrogens with zero attached hydrogens (tertiary/aromatic N) is 3. The Morgan fingerprint density at radius 2 is 2.33 bits per heavy atom. The largest absolute Gasteiger partial charge is 0.243 e. The van der Waals surface area contributed by atoms with Crippen LogP contribution in [0, 0.1) is 0 Å². The number of aromatic nitrogens is 2. The van der Waals surface area contributed by atoms with Crippen molar-refractivity contribution in [2.24, 2.45) is 4.99 Å². The lowest BCUT2D eigenvalue weighted by molar-refractivity contribution is 0.315. The minimum Gasteiger partial charge on any atom is -0.243 e. The average Bonchev–Trinajstić information content (AvgIpc) is 2.53. The second-order valence-electron chi connectivity index (χ2n) is 2.11. The van der Waals surface area contributed by atoms with Gasteiger partial charge in [-0.2, -0.15) is 4.99 Å². The Balaban J connectivity index is 2.81. The summed E-state index contributed by atoms with van der Waals surface area (Å²) in [5.74, 6) is 0. The Kier molecular flexibility index (Phi) is 1.66. The van der Waals surface area contributed by atoms with Crippen LogP contribution in [0.3, 0.4) is 0 Å². The molecule has 0 unspecified atom stereocenters. The van der Waals surface area contributed by atoms with Crippen LogP contribution in [0.4, 0.5) is 5.69 Å². The van der Waals surface area contributed by atoms with Crippen molar-refractivity contribution in [3.05, 3.63) is 18.2 Å². The topological polar surface area (TPSA) is 51.3 Å². The molecule has 1 aromatic carbocycles. The lowest BCUT2D eigenvalue weighted by Gasteiger charge is -1.87. The highest BCUT2D eigenvalue weighted by Crippen LogP contribution is 2.21. The zero-order valence-corrected chi connectivity index (χ0v) is 6.71. The molecule has 0 bridgehead atoms. The maximum Gasteiger partial charge on any atom is 0.161 e. The molecular weight excluding hydrogens is 174 g/mol. The van der Waals surface area contributed by atoms with Crippen LogP contribution in [-0.4, -0.2) is 15.5 Å². The van der Waals surface area contributed by atoms with Crippen molar-refractivity contribution >= 4 is 34.1 Å². The highest BCUT2D eigenvalue weighted by Gasteiger charge is 2.03. The van der Waals surface area contributed by atoms with E-state index in [0.29, 0.717) is 16.7 Å². The summed E-state index contributed by atoms with van der Waals surface area (Å²) in [5, 5.41) is 9.59. The predicted octanol–water partition coefficient (Wildman–Crippen LogP) is 1.96. The average molecular weight is 177 g/mol. The van der Waals surface area contributed by atoms with Crippen LogP contribution in [-0.2, 0) is 0 Å². The fourth-order valence-electron chi connectivity index (χ4n) is 0.931. The molecule has 0 aliphatic rings. The molecule has 4 nitrogen and oxygen atoms in total. The van der Waals surface area contributed by atoms with Gasteiger partial charge >= 0.3 is 0 Å². The van der Waals surface area contributed by atoms with Crippen molar-refractivity contribution < 1.29 is 4.63 Å². The number of benzene rings is 1. The monoisotopic (exact) mass is 177 g/mol. The minimum atomic E-state index is 0.606. The summed E-state index contributed by atoms with van der Waals surface area (Å²) in [7, 11) is 0. The van der Waals surface area contributed by atoms with Gasteiger partial charge in [0.25, 0.3) is 0 Å². The number of thiocarbonyl (C=S) groups is 1. The number of aliphatic imine (C=N–C) groups is 1. The van der Waals surface area contributed by atoms with Gasteiger partial charge in [-0.25, -0.2) is 4.63 Å². The third-order valence-electron chi connectivity index (χ3n) is 1.43. The first-order valence-electron chi connectivity index (χ1n) is 3.21. The first kappa shape index (κ1) is 7.09. The van der Waals surface area contributed by atoms with E-state index in [1.54, 1.807) is 18.2 Å². The van der Waals surface area contributed by atoms with Gasteiger partial charge in [-0.15, -0.1) is 0 Å². The van der Waals surface area contributed by atoms with E-state index < -0.39 is 0 Å². The van der Waals surface area contributed by atoms with Crippen LogP contribution >= 0.6 is 12.2 Å². The lowest BCUT2D eigenvalue weighted by atomic mass is 10.3. The summed E-state index contributed by atoms with van der Waals surface area (Å²) in [6.45, 7) is 0. The molecule has 1 aromatic heterocycles. The van der Waals surface area contributed by atoms with Gasteiger partial charge in [0.15, 0.2) is 5.52 Å². The molecule has 1 heterocycles. The van der Waals surface area contributed by atoms with Gasteiger partial charge in [-0.05, 0) is 34.7 Å². The molecule has 12 heavy (non-hydrogen) atoms. The van der Waals surface area contributed by atoms with E-state index >= 15 is 0 Å². The molecule has 5 heteroatoms. The number of hydrogen-bond donors (Lipinski definition) is 0. The van der Waals surface area contributed by atoms with Crippen molar-refractivity contribution in [3.8, 4) is 0 Å². The first-order valence-corrected chi connectivity index (χ1v) is 3.62. The number of hydrogen-bond acceptors (Lipinski definition) is 5. The van der Waals surface area contributed by atoms with E-state index in [4.69, 9.17) is 0 Å². The maximum atomic E-state index is 4.53. The highest BCUT2D eigenvalue weighted by atomic mass is 32.1. The van der Waals surface area contributed by atoms with E-state index in [1.165, 1.54) is 0 Å². The van der Waals surface area contributed by atoms with Crippen molar-refractivity contribution in [1.82, 2.24) is 10.3 Å². The Hall–Kier alpha value is -1.58. The Morgan fingerprint density at radius 3 is 3.17 bits per heavy atom. The molecule has 0 spiro atoms. The maximum absolute atomic E-state index is 4.53. The lowest BCUT2D eigenvalue weighted by Crippen LogP contribution is -1.69. The zero-order valence-electron chi connectivity index (χ0n) is 5.89. The SMILES string of the molecule is S=C=Nc1cccc2nonc12. The second-order valence-corrected chi connectivity index (χ2v) is 2.29. The molecule has 2 rings (SSSR count). The first-order chi connectivity index (χ1) is 5.92. The van der Waals surface area contributed by atoms with E-state index in [-0.39, 0.29) is 0 Å². The molecular formula is C7H3N3OS. The summed E-state index contributed by atoms with van der Waals surface area (Å²) in [4.78, 5) is 3.81. The van der Waals surface area contributed by atoms with Crippen molar-refractivity contribution in [3.63, 3.8) is 0 Å². The molecule has 0 aliphatic heterocycles. The number of isothiocyanates is 1. The van der Waals surface area contributed by atoms with Crippen LogP contribution in [0.1, 0.15) is 0 Å². The van der Waals surface area contributed by atoms with Gasteiger partial charge in [-0.1, -0.05) is 6.07 Å². The summed E-state index contributed by atoms with van der Waals surface area (Å²) in [6.07, 6.45) is 0. The summed E-state index contributed by atoms with van der Waals surface area (Å²) < 4.78 is 4.53. The van der Waals surface area contributed by atoms with E-state index in [0.717, 1.165) is 0 Å². The van der Waals surface area contributed by atoms with Crippen LogP contribution < -0.4 is 0 Å². The molecule has 0 saturated carbocycles. The fraction of sp³-hybridized carbons (Fsp3) is 0. The normalized spacial score (nSPS) is 9.67. The molecule has 2 aromatic rings. The predicted molar refractivity (Wildman–Crippen MR) is 46.5 cm³/mol. The molecule has 58 valence electrons. The second kappa shape index (κ2) is 2.81. The van der Waals surface area contributed by atoms with Gasteiger partial charge in [0.2, 0.25) is 0 Å². The highest BCUT2D eigenvalue weighted by molar-refractivity contribution is 7.78. The molecule has 0 aliphatic carbocycles. The van der Waals surface area contributed by atoms with E-state index in [9.17, 15) is 0 Å². The van der Waals surface area contributed by atoms with Gasteiger partial charge < -0.3 is 0 Å². The quantitative estimate of drug-likeness (QED) is 0.493. The van der Waals surface area contributed by atoms with Gasteiger partial charge in [0.05, 0.1) is 5.16 Å². The Labute approximate surface area is 72.9 Å². The summed E-state index contributed by atoms with van der Waals surface area (Å²) in [5.41, 5.74) is 1.90. The van der Waals surface area contributed by atoms with Crippen LogP contribution in [0.15, 0.2) is 27.8 Å². The van der Waals surface area contributed by atoms with Gasteiger partial charge in [-0.3, -0.25) is 0 Å². The molecule has 0 N–H and O–H groups in total. The molecule has 0 saturated heterocycles. The van der Waals surface area contributed by atoms with Crippen molar-refractivity contribution in [2.75, 3.05) is 0 Å². The van der Waals surface area contributed by atoms with E-state index in [1.807, 2.05) is 0 Å². The smallest absolute Gasteiger partial charge is 0.161 e. The molecule has 0 atom stereocenters. The summed E-state index contributed by atoms with van der Waals surface area (Å²) in [6, 6.07) is 5.36. The molecule has 0 radical (unpaired) electrons. The standard InChI is InChI=1S/C7H3N3OS/c12-4-8-5-2-1-3-6-7(5)10-11-9-6/h1-3H. The molecule has 0 amide bonds. The molecule has 0 fully saturated rings. The van der Waals surface area contributed by atoms with Gasteiger partial charge in [0.1, 0.15) is 11.2 Å². The van der Waals surface area contributed by atoms with Gasteiger partial charge in [0, 0.05) is 0 Å². The fourth-order valence-corrected chi connectivity index (χ4v) is 1.03. The number of fused-ring (bicyclic) bond motifs is 1.